The molecule has 1 heterocycles. The van der Waals surface area contributed by atoms with Crippen molar-refractivity contribution in [1.29, 1.82) is 0 Å². The fraction of sp³-hybridized carbons (Fsp3) is 0.250. The van der Waals surface area contributed by atoms with Gasteiger partial charge in [-0.05, 0) is 65.9 Å². The van der Waals surface area contributed by atoms with Crippen molar-refractivity contribution in [3.8, 4) is 11.5 Å². The van der Waals surface area contributed by atoms with Gasteiger partial charge in [-0.15, -0.1) is 11.3 Å². The van der Waals surface area contributed by atoms with Gasteiger partial charge in [0.1, 0.15) is 0 Å². The molecular weight excluding hydrogens is 490 g/mol. The van der Waals surface area contributed by atoms with Crippen LogP contribution in [-0.4, -0.2) is 30.8 Å². The Balaban J connectivity index is 1.28. The third-order valence-electron chi connectivity index (χ3n) is 5.37. The maximum absolute atomic E-state index is 12.5. The minimum absolute atomic E-state index is 0.266. The van der Waals surface area contributed by atoms with Crippen LogP contribution in [0.2, 0.25) is 0 Å². The van der Waals surface area contributed by atoms with Crippen molar-refractivity contribution in [1.82, 2.24) is 10.4 Å². The first-order chi connectivity index (χ1) is 17.5. The predicted octanol–water partition coefficient (Wildman–Crippen LogP) is 6.79. The Labute approximate surface area is 219 Å². The second-order valence-electron chi connectivity index (χ2n) is 8.57. The molecule has 1 N–H and O–H groups in total. The van der Waals surface area contributed by atoms with Crippen molar-refractivity contribution in [2.45, 2.75) is 30.4 Å². The number of para-hydroxylation sites is 1. The fourth-order valence-electron chi connectivity index (χ4n) is 3.33. The summed E-state index contributed by atoms with van der Waals surface area (Å²) >= 11 is 3.39. The normalized spacial score (nSPS) is 11.3. The number of fused-ring (bicyclic) bond motifs is 1. The van der Waals surface area contributed by atoms with Crippen molar-refractivity contribution in [3.05, 3.63) is 83.4 Å². The summed E-state index contributed by atoms with van der Waals surface area (Å²) in [6, 6.07) is 21.2. The number of ether oxygens (including phenoxy) is 2. The molecule has 0 bridgehead atoms. The lowest BCUT2D eigenvalue weighted by Crippen LogP contribution is -2.17. The summed E-state index contributed by atoms with van der Waals surface area (Å²) in [5, 5.41) is 4.10. The van der Waals surface area contributed by atoms with Crippen molar-refractivity contribution in [2.24, 2.45) is 11.0 Å². The van der Waals surface area contributed by atoms with Gasteiger partial charge in [-0.2, -0.15) is 5.10 Å². The summed E-state index contributed by atoms with van der Waals surface area (Å²) in [6.07, 6.45) is 2.56. The lowest BCUT2D eigenvalue weighted by atomic mass is 10.1. The molecular formula is C28H29N3O3S2. The number of benzene rings is 3. The van der Waals surface area contributed by atoms with E-state index in [4.69, 9.17) is 9.47 Å². The molecule has 4 rings (SSSR count). The third-order valence-corrected chi connectivity index (χ3v) is 7.62. The van der Waals surface area contributed by atoms with E-state index in [1.807, 2.05) is 60.7 Å². The molecule has 1 amide bonds. The molecule has 3 aromatic carbocycles. The van der Waals surface area contributed by atoms with E-state index in [1.54, 1.807) is 36.4 Å². The number of hydrazone groups is 1. The Morgan fingerprint density at radius 1 is 1.11 bits per heavy atom. The van der Waals surface area contributed by atoms with E-state index in [-0.39, 0.29) is 5.91 Å². The van der Waals surface area contributed by atoms with E-state index in [9.17, 15) is 4.79 Å². The zero-order valence-electron chi connectivity index (χ0n) is 20.6. The highest BCUT2D eigenvalue weighted by molar-refractivity contribution is 8.00. The number of carbonyl (C=O) groups is 1. The number of hydrogen-bond donors (Lipinski definition) is 1. The van der Waals surface area contributed by atoms with Crippen LogP contribution in [0.25, 0.3) is 10.2 Å². The highest BCUT2D eigenvalue weighted by Crippen LogP contribution is 2.31. The number of amides is 1. The summed E-state index contributed by atoms with van der Waals surface area (Å²) < 4.78 is 13.5. The predicted molar refractivity (Wildman–Crippen MR) is 149 cm³/mol. The summed E-state index contributed by atoms with van der Waals surface area (Å²) in [6.45, 7) is 4.96. The molecule has 6 nitrogen and oxygen atoms in total. The third kappa shape index (κ3) is 7.08. The van der Waals surface area contributed by atoms with Crippen LogP contribution >= 0.6 is 23.1 Å². The van der Waals surface area contributed by atoms with E-state index in [0.717, 1.165) is 33.2 Å². The molecule has 0 aliphatic carbocycles. The smallest absolute Gasteiger partial charge is 0.271 e. The van der Waals surface area contributed by atoms with Gasteiger partial charge < -0.3 is 9.47 Å². The monoisotopic (exact) mass is 519 g/mol. The molecule has 0 unspecified atom stereocenters. The summed E-state index contributed by atoms with van der Waals surface area (Å²) in [5.74, 6) is 2.43. The molecule has 36 heavy (non-hydrogen) atoms. The Morgan fingerprint density at radius 3 is 2.67 bits per heavy atom. The Hall–Kier alpha value is -3.36. The number of nitrogens with one attached hydrogen (secondary N) is 1. The lowest BCUT2D eigenvalue weighted by Gasteiger charge is -2.12. The SMILES string of the molecule is COc1cc(C=NNC(=O)c2ccc(CSc3nc4ccccc4s3)cc2)ccc1OCCC(C)C. The molecule has 1 aromatic heterocycles. The molecule has 0 aliphatic heterocycles. The molecule has 0 spiro atoms. The maximum atomic E-state index is 12.5. The van der Waals surface area contributed by atoms with Gasteiger partial charge in [0.25, 0.3) is 5.91 Å². The van der Waals surface area contributed by atoms with Gasteiger partial charge in [0.15, 0.2) is 15.8 Å². The number of nitrogens with zero attached hydrogens (tertiary/aromatic N) is 2. The van der Waals surface area contributed by atoms with Gasteiger partial charge in [0, 0.05) is 11.3 Å². The summed E-state index contributed by atoms with van der Waals surface area (Å²) in [5.41, 5.74) is 6.09. The molecule has 0 radical (unpaired) electrons. The van der Waals surface area contributed by atoms with E-state index in [1.165, 1.54) is 4.70 Å². The van der Waals surface area contributed by atoms with E-state index >= 15 is 0 Å². The van der Waals surface area contributed by atoms with Crippen LogP contribution in [0.5, 0.6) is 11.5 Å². The molecule has 4 aromatic rings. The molecule has 8 heteroatoms. The maximum Gasteiger partial charge on any atom is 0.271 e. The molecule has 0 aliphatic rings. The van der Waals surface area contributed by atoms with E-state index in [0.29, 0.717) is 29.6 Å². The first kappa shape index (κ1) is 25.7. The number of methoxy groups -OCH3 is 1. The highest BCUT2D eigenvalue weighted by atomic mass is 32.2. The van der Waals surface area contributed by atoms with Crippen LogP contribution in [-0.2, 0) is 5.75 Å². The van der Waals surface area contributed by atoms with Gasteiger partial charge in [0.2, 0.25) is 0 Å². The lowest BCUT2D eigenvalue weighted by molar-refractivity contribution is 0.0955. The highest BCUT2D eigenvalue weighted by Gasteiger charge is 2.08. The minimum atomic E-state index is -0.266. The average molecular weight is 520 g/mol. The molecule has 0 atom stereocenters. The second-order valence-corrected chi connectivity index (χ2v) is 10.8. The topological polar surface area (TPSA) is 72.8 Å². The van der Waals surface area contributed by atoms with Crippen LogP contribution in [0.15, 0.2) is 76.2 Å². The van der Waals surface area contributed by atoms with Gasteiger partial charge in [0.05, 0.1) is 30.1 Å². The largest absolute Gasteiger partial charge is 0.493 e. The number of carbonyl (C=O) groups excluding carboxylic acids is 1. The minimum Gasteiger partial charge on any atom is -0.493 e. The standard InChI is InChI=1S/C28H29N3O3S2/c1-19(2)14-15-34-24-13-10-21(16-25(24)33-3)17-29-31-27(32)22-11-8-20(9-12-22)18-35-28-30-23-6-4-5-7-26(23)36-28/h4-13,16-17,19H,14-15,18H2,1-3H3,(H,31,32). The summed E-state index contributed by atoms with van der Waals surface area (Å²) in [7, 11) is 1.61. The van der Waals surface area contributed by atoms with Crippen LogP contribution < -0.4 is 14.9 Å². The quantitative estimate of drug-likeness (QED) is 0.134. The molecule has 0 saturated carbocycles. The zero-order valence-corrected chi connectivity index (χ0v) is 22.2. The first-order valence-electron chi connectivity index (χ1n) is 11.7. The molecule has 0 saturated heterocycles. The second kappa shape index (κ2) is 12.6. The Morgan fingerprint density at radius 2 is 1.92 bits per heavy atom. The van der Waals surface area contributed by atoms with Gasteiger partial charge in [-0.1, -0.05) is 49.9 Å². The fourth-order valence-corrected chi connectivity index (χ4v) is 5.35. The van der Waals surface area contributed by atoms with Crippen molar-refractivity contribution in [2.75, 3.05) is 13.7 Å². The van der Waals surface area contributed by atoms with Crippen molar-refractivity contribution >= 4 is 45.4 Å². The molecule has 186 valence electrons. The van der Waals surface area contributed by atoms with Crippen molar-refractivity contribution < 1.29 is 14.3 Å². The van der Waals surface area contributed by atoms with Gasteiger partial charge in [-0.25, -0.2) is 10.4 Å². The number of hydrogen-bond acceptors (Lipinski definition) is 7. The molecule has 0 fully saturated rings. The van der Waals surface area contributed by atoms with E-state index in [2.05, 4.69) is 35.4 Å². The van der Waals surface area contributed by atoms with Crippen LogP contribution in [0, 0.1) is 5.92 Å². The number of aromatic nitrogens is 1. The van der Waals surface area contributed by atoms with E-state index < -0.39 is 0 Å². The zero-order chi connectivity index (χ0) is 25.3. The number of thiazole rings is 1. The van der Waals surface area contributed by atoms with Gasteiger partial charge in [-0.3, -0.25) is 4.79 Å². The average Bonchev–Trinajstić information content (AvgIpc) is 3.31. The van der Waals surface area contributed by atoms with Crippen LogP contribution in [0.3, 0.4) is 0 Å². The van der Waals surface area contributed by atoms with Crippen molar-refractivity contribution in [3.63, 3.8) is 0 Å². The first-order valence-corrected chi connectivity index (χ1v) is 13.5. The van der Waals surface area contributed by atoms with Gasteiger partial charge >= 0.3 is 0 Å². The Kier molecular flexibility index (Phi) is 8.97. The number of rotatable bonds is 11. The van der Waals surface area contributed by atoms with Crippen LogP contribution in [0.4, 0.5) is 0 Å². The Bertz CT molecular complexity index is 1300. The number of thioether (sulfide) groups is 1. The van der Waals surface area contributed by atoms with Crippen LogP contribution in [0.1, 0.15) is 41.8 Å². The summed E-state index contributed by atoms with van der Waals surface area (Å²) in [4.78, 5) is 17.1.